The number of halogens is 2. The van der Waals surface area contributed by atoms with E-state index < -0.39 is 17.5 Å². The zero-order chi connectivity index (χ0) is 13.1. The van der Waals surface area contributed by atoms with Gasteiger partial charge < -0.3 is 5.32 Å². The number of aryl methyl sites for hydroxylation is 1. The topological polar surface area (TPSA) is 72.7 Å². The molecule has 0 aliphatic carbocycles. The van der Waals surface area contributed by atoms with E-state index in [1.54, 1.807) is 7.05 Å². The SMILES string of the molecule is Cn1nnnc1CC(=O)Nc1ccc(F)c(F)c1. The summed E-state index contributed by atoms with van der Waals surface area (Å²) in [6, 6.07) is 3.11. The Balaban J connectivity index is 2.03. The van der Waals surface area contributed by atoms with Gasteiger partial charge in [-0.15, -0.1) is 5.10 Å². The highest BCUT2D eigenvalue weighted by molar-refractivity contribution is 5.91. The zero-order valence-corrected chi connectivity index (χ0v) is 9.39. The second kappa shape index (κ2) is 4.86. The number of nitrogens with one attached hydrogen (secondary N) is 1. The minimum absolute atomic E-state index is 0.0531. The first-order valence-electron chi connectivity index (χ1n) is 5.02. The van der Waals surface area contributed by atoms with E-state index in [2.05, 4.69) is 20.8 Å². The maximum atomic E-state index is 12.9. The minimum atomic E-state index is -1.02. The Hall–Kier alpha value is -2.38. The first kappa shape index (κ1) is 12.1. The molecule has 0 saturated carbocycles. The van der Waals surface area contributed by atoms with Crippen LogP contribution < -0.4 is 5.32 Å². The fraction of sp³-hybridized carbons (Fsp3) is 0.200. The van der Waals surface area contributed by atoms with Crippen molar-refractivity contribution in [3.63, 3.8) is 0 Å². The number of nitrogens with zero attached hydrogens (tertiary/aromatic N) is 4. The number of rotatable bonds is 3. The van der Waals surface area contributed by atoms with Crippen molar-refractivity contribution in [2.24, 2.45) is 7.05 Å². The van der Waals surface area contributed by atoms with Crippen LogP contribution >= 0.6 is 0 Å². The van der Waals surface area contributed by atoms with Crippen LogP contribution in [0.5, 0.6) is 0 Å². The molecule has 1 aromatic carbocycles. The molecule has 0 spiro atoms. The van der Waals surface area contributed by atoms with E-state index in [0.29, 0.717) is 5.82 Å². The molecule has 6 nitrogen and oxygen atoms in total. The molecule has 0 fully saturated rings. The van der Waals surface area contributed by atoms with Gasteiger partial charge in [-0.05, 0) is 22.6 Å². The highest BCUT2D eigenvalue weighted by atomic mass is 19.2. The van der Waals surface area contributed by atoms with Gasteiger partial charge in [-0.3, -0.25) is 4.79 Å². The molecular formula is C10H9F2N5O. The van der Waals surface area contributed by atoms with Gasteiger partial charge in [0.2, 0.25) is 5.91 Å². The molecule has 8 heteroatoms. The number of carbonyl (C=O) groups excluding carboxylic acids is 1. The molecule has 0 saturated heterocycles. The molecule has 1 N–H and O–H groups in total. The normalized spacial score (nSPS) is 10.4. The summed E-state index contributed by atoms with van der Waals surface area (Å²) in [5, 5.41) is 13.0. The van der Waals surface area contributed by atoms with Gasteiger partial charge in [0.25, 0.3) is 0 Å². The summed E-state index contributed by atoms with van der Waals surface area (Å²) in [4.78, 5) is 11.6. The zero-order valence-electron chi connectivity index (χ0n) is 9.39. The third-order valence-electron chi connectivity index (χ3n) is 2.23. The number of hydrogen-bond donors (Lipinski definition) is 1. The summed E-state index contributed by atoms with van der Waals surface area (Å²) in [5.74, 6) is -2.03. The number of benzene rings is 1. The van der Waals surface area contributed by atoms with Crippen LogP contribution in [0, 0.1) is 11.6 Å². The van der Waals surface area contributed by atoms with Gasteiger partial charge in [-0.25, -0.2) is 13.5 Å². The predicted octanol–water partition coefficient (Wildman–Crippen LogP) is 0.669. The lowest BCUT2D eigenvalue weighted by molar-refractivity contribution is -0.115. The van der Waals surface area contributed by atoms with E-state index in [9.17, 15) is 13.6 Å². The van der Waals surface area contributed by atoms with Crippen molar-refractivity contribution >= 4 is 11.6 Å². The van der Waals surface area contributed by atoms with E-state index in [4.69, 9.17) is 0 Å². The summed E-state index contributed by atoms with van der Waals surface area (Å²) in [7, 11) is 1.60. The second-order valence-electron chi connectivity index (χ2n) is 3.57. The third-order valence-corrected chi connectivity index (χ3v) is 2.23. The van der Waals surface area contributed by atoms with Crippen LogP contribution in [0.25, 0.3) is 0 Å². The van der Waals surface area contributed by atoms with Gasteiger partial charge in [0.05, 0.1) is 6.42 Å². The Morgan fingerprint density at radius 1 is 1.39 bits per heavy atom. The van der Waals surface area contributed by atoms with Crippen molar-refractivity contribution in [2.75, 3.05) is 5.32 Å². The smallest absolute Gasteiger partial charge is 0.232 e. The Morgan fingerprint density at radius 3 is 2.78 bits per heavy atom. The Morgan fingerprint density at radius 2 is 2.17 bits per heavy atom. The lowest BCUT2D eigenvalue weighted by Crippen LogP contribution is -2.17. The fourth-order valence-corrected chi connectivity index (χ4v) is 1.32. The molecule has 0 unspecified atom stereocenters. The van der Waals surface area contributed by atoms with E-state index in [1.807, 2.05) is 0 Å². The van der Waals surface area contributed by atoms with E-state index in [0.717, 1.165) is 12.1 Å². The van der Waals surface area contributed by atoms with Crippen LogP contribution in [-0.4, -0.2) is 26.1 Å². The van der Waals surface area contributed by atoms with Crippen LogP contribution in [0.4, 0.5) is 14.5 Å². The van der Waals surface area contributed by atoms with Crippen LogP contribution in [0.15, 0.2) is 18.2 Å². The molecule has 1 heterocycles. The molecule has 18 heavy (non-hydrogen) atoms. The summed E-state index contributed by atoms with van der Waals surface area (Å²) in [5.41, 5.74) is 0.175. The molecule has 94 valence electrons. The van der Waals surface area contributed by atoms with E-state index in [1.165, 1.54) is 10.7 Å². The molecule has 2 aromatic rings. The summed E-state index contributed by atoms with van der Waals surface area (Å²) in [6.07, 6.45) is -0.0531. The maximum Gasteiger partial charge on any atom is 0.232 e. The largest absolute Gasteiger partial charge is 0.326 e. The van der Waals surface area contributed by atoms with Gasteiger partial charge >= 0.3 is 0 Å². The molecule has 2 rings (SSSR count). The summed E-state index contributed by atoms with van der Waals surface area (Å²) in [6.45, 7) is 0. The Bertz CT molecular complexity index is 583. The predicted molar refractivity (Wildman–Crippen MR) is 57.5 cm³/mol. The number of tetrazole rings is 1. The number of amides is 1. The Kier molecular flexibility index (Phi) is 3.26. The van der Waals surface area contributed by atoms with Gasteiger partial charge in [-0.1, -0.05) is 0 Å². The van der Waals surface area contributed by atoms with Gasteiger partial charge in [0.1, 0.15) is 0 Å². The fourth-order valence-electron chi connectivity index (χ4n) is 1.32. The average Bonchev–Trinajstić information content (AvgIpc) is 2.70. The van der Waals surface area contributed by atoms with Gasteiger partial charge in [0, 0.05) is 18.8 Å². The first-order chi connectivity index (χ1) is 8.56. The quantitative estimate of drug-likeness (QED) is 0.872. The first-order valence-corrected chi connectivity index (χ1v) is 5.02. The lowest BCUT2D eigenvalue weighted by atomic mass is 10.3. The number of aromatic nitrogens is 4. The van der Waals surface area contributed by atoms with Crippen molar-refractivity contribution in [2.45, 2.75) is 6.42 Å². The van der Waals surface area contributed by atoms with Gasteiger partial charge in [0.15, 0.2) is 17.5 Å². The van der Waals surface area contributed by atoms with Crippen LogP contribution in [-0.2, 0) is 18.3 Å². The molecule has 0 aliphatic rings. The molecule has 1 aromatic heterocycles. The molecular weight excluding hydrogens is 244 g/mol. The summed E-state index contributed by atoms with van der Waals surface area (Å²) >= 11 is 0. The third kappa shape index (κ3) is 2.65. The van der Waals surface area contributed by atoms with Gasteiger partial charge in [-0.2, -0.15) is 0 Å². The van der Waals surface area contributed by atoms with Crippen LogP contribution in [0.3, 0.4) is 0 Å². The minimum Gasteiger partial charge on any atom is -0.326 e. The maximum absolute atomic E-state index is 12.9. The second-order valence-corrected chi connectivity index (χ2v) is 3.57. The van der Waals surface area contributed by atoms with Crippen molar-refractivity contribution in [1.82, 2.24) is 20.2 Å². The molecule has 1 amide bonds. The number of anilines is 1. The average molecular weight is 253 g/mol. The molecule has 0 bridgehead atoms. The van der Waals surface area contributed by atoms with Crippen molar-refractivity contribution in [3.05, 3.63) is 35.7 Å². The molecule has 0 atom stereocenters. The Labute approximate surface area is 101 Å². The standard InChI is InChI=1S/C10H9F2N5O/c1-17-9(14-15-16-17)5-10(18)13-6-2-3-7(11)8(12)4-6/h2-4H,5H2,1H3,(H,13,18). The summed E-state index contributed by atoms with van der Waals surface area (Å²) < 4.78 is 26.9. The highest BCUT2D eigenvalue weighted by Crippen LogP contribution is 2.13. The van der Waals surface area contributed by atoms with Crippen molar-refractivity contribution < 1.29 is 13.6 Å². The molecule has 0 radical (unpaired) electrons. The van der Waals surface area contributed by atoms with E-state index in [-0.39, 0.29) is 12.1 Å². The number of carbonyl (C=O) groups is 1. The number of hydrogen-bond acceptors (Lipinski definition) is 4. The van der Waals surface area contributed by atoms with Crippen molar-refractivity contribution in [3.8, 4) is 0 Å². The van der Waals surface area contributed by atoms with Crippen LogP contribution in [0.2, 0.25) is 0 Å². The molecule has 0 aliphatic heterocycles. The lowest BCUT2D eigenvalue weighted by Gasteiger charge is -2.04. The highest BCUT2D eigenvalue weighted by Gasteiger charge is 2.10. The van der Waals surface area contributed by atoms with Crippen molar-refractivity contribution in [1.29, 1.82) is 0 Å². The monoisotopic (exact) mass is 253 g/mol. The van der Waals surface area contributed by atoms with E-state index >= 15 is 0 Å². The van der Waals surface area contributed by atoms with Crippen LogP contribution in [0.1, 0.15) is 5.82 Å².